The summed E-state index contributed by atoms with van der Waals surface area (Å²) in [6, 6.07) is 10.1. The lowest BCUT2D eigenvalue weighted by Crippen LogP contribution is -2.17. The van der Waals surface area contributed by atoms with Crippen LogP contribution in [0.25, 0.3) is 0 Å². The van der Waals surface area contributed by atoms with Crippen molar-refractivity contribution in [3.8, 4) is 5.75 Å². The zero-order chi connectivity index (χ0) is 13.1. The molecule has 2 aromatic rings. The Morgan fingerprint density at radius 1 is 1.28 bits per heavy atom. The molecule has 1 atom stereocenters. The van der Waals surface area contributed by atoms with Crippen LogP contribution in [0.5, 0.6) is 5.75 Å². The molecule has 1 N–H and O–H groups in total. The van der Waals surface area contributed by atoms with Crippen molar-refractivity contribution in [2.45, 2.75) is 13.0 Å². The van der Waals surface area contributed by atoms with Gasteiger partial charge in [0.05, 0.1) is 13.2 Å². The highest BCUT2D eigenvalue weighted by molar-refractivity contribution is 7.12. The zero-order valence-corrected chi connectivity index (χ0v) is 12.2. The molecule has 0 aliphatic rings. The number of halogens is 1. The molecule has 2 nitrogen and oxygen atoms in total. The van der Waals surface area contributed by atoms with Gasteiger partial charge in [0.2, 0.25) is 0 Å². The maximum Gasteiger partial charge on any atom is 0.124 e. The molecule has 0 bridgehead atoms. The van der Waals surface area contributed by atoms with Crippen LogP contribution in [-0.2, 0) is 0 Å². The first-order chi connectivity index (χ1) is 8.65. The van der Waals surface area contributed by atoms with Crippen LogP contribution in [0, 0.1) is 6.92 Å². The third-order valence-corrected chi connectivity index (χ3v) is 4.14. The molecule has 1 heterocycles. The Labute approximate surface area is 117 Å². The van der Waals surface area contributed by atoms with Crippen LogP contribution in [0.3, 0.4) is 0 Å². The molecule has 18 heavy (non-hydrogen) atoms. The van der Waals surface area contributed by atoms with Gasteiger partial charge in [-0.3, -0.25) is 0 Å². The number of hydrogen-bond acceptors (Lipinski definition) is 3. The number of hydrogen-bond donors (Lipinski definition) is 1. The molecule has 1 aromatic heterocycles. The second-order valence-corrected chi connectivity index (χ2v) is 5.81. The molecule has 0 amide bonds. The summed E-state index contributed by atoms with van der Waals surface area (Å²) in [5.74, 6) is 0.852. The van der Waals surface area contributed by atoms with Crippen molar-refractivity contribution in [3.63, 3.8) is 0 Å². The fraction of sp³-hybridized carbons (Fsp3) is 0.286. The summed E-state index contributed by atoms with van der Waals surface area (Å²) >= 11 is 7.87. The van der Waals surface area contributed by atoms with Gasteiger partial charge in [0.25, 0.3) is 0 Å². The number of aryl methyl sites for hydroxylation is 1. The van der Waals surface area contributed by atoms with Crippen molar-refractivity contribution in [2.75, 3.05) is 14.2 Å². The number of thiophene rings is 1. The van der Waals surface area contributed by atoms with E-state index in [1.807, 2.05) is 25.2 Å². The predicted molar refractivity (Wildman–Crippen MR) is 78.0 cm³/mol. The van der Waals surface area contributed by atoms with Gasteiger partial charge in [0, 0.05) is 20.3 Å². The lowest BCUT2D eigenvalue weighted by Gasteiger charge is -2.18. The largest absolute Gasteiger partial charge is 0.496 e. The second-order valence-electron chi connectivity index (χ2n) is 4.06. The highest BCUT2D eigenvalue weighted by Gasteiger charge is 2.18. The first kappa shape index (κ1) is 13.4. The number of nitrogens with one attached hydrogen (secondary N) is 1. The summed E-state index contributed by atoms with van der Waals surface area (Å²) in [4.78, 5) is 2.56. The molecule has 0 radical (unpaired) electrons. The van der Waals surface area contributed by atoms with Crippen molar-refractivity contribution >= 4 is 22.9 Å². The molecule has 1 aromatic carbocycles. The topological polar surface area (TPSA) is 21.3 Å². The SMILES string of the molecule is CNC(c1ccc(C)s1)c1cc(Cl)ccc1OC. The number of rotatable bonds is 4. The molecule has 0 fully saturated rings. The van der Waals surface area contributed by atoms with E-state index >= 15 is 0 Å². The smallest absolute Gasteiger partial charge is 0.124 e. The predicted octanol–water partition coefficient (Wildman–Crippen LogP) is 4.03. The van der Waals surface area contributed by atoms with Gasteiger partial charge in [0.1, 0.15) is 5.75 Å². The maximum absolute atomic E-state index is 6.09. The van der Waals surface area contributed by atoms with Crippen LogP contribution in [0.15, 0.2) is 30.3 Å². The lowest BCUT2D eigenvalue weighted by atomic mass is 10.0. The van der Waals surface area contributed by atoms with Crippen molar-refractivity contribution in [2.24, 2.45) is 0 Å². The molecule has 2 rings (SSSR count). The average molecular weight is 282 g/mol. The van der Waals surface area contributed by atoms with E-state index in [0.29, 0.717) is 0 Å². The van der Waals surface area contributed by atoms with E-state index in [1.165, 1.54) is 9.75 Å². The molecule has 1 unspecified atom stereocenters. The van der Waals surface area contributed by atoms with E-state index in [9.17, 15) is 0 Å². The fourth-order valence-corrected chi connectivity index (χ4v) is 3.18. The Balaban J connectivity index is 2.47. The summed E-state index contributed by atoms with van der Waals surface area (Å²) in [7, 11) is 3.62. The maximum atomic E-state index is 6.09. The number of benzene rings is 1. The van der Waals surface area contributed by atoms with Crippen LogP contribution in [0.1, 0.15) is 21.4 Å². The van der Waals surface area contributed by atoms with Gasteiger partial charge in [-0.15, -0.1) is 11.3 Å². The summed E-state index contributed by atoms with van der Waals surface area (Å²) in [6.07, 6.45) is 0. The first-order valence-corrected chi connectivity index (χ1v) is 6.92. The summed E-state index contributed by atoms with van der Waals surface area (Å²) in [6.45, 7) is 2.11. The minimum absolute atomic E-state index is 0.109. The van der Waals surface area contributed by atoms with Crippen LogP contribution >= 0.6 is 22.9 Å². The van der Waals surface area contributed by atoms with Gasteiger partial charge < -0.3 is 10.1 Å². The Bertz CT molecular complexity index is 538. The molecular weight excluding hydrogens is 266 g/mol. The van der Waals surface area contributed by atoms with Crippen molar-refractivity contribution in [3.05, 3.63) is 50.7 Å². The van der Waals surface area contributed by atoms with E-state index < -0.39 is 0 Å². The van der Waals surface area contributed by atoms with Gasteiger partial charge in [-0.05, 0) is 44.3 Å². The summed E-state index contributed by atoms with van der Waals surface area (Å²) in [5.41, 5.74) is 1.06. The Kier molecular flexibility index (Phi) is 4.27. The molecule has 4 heteroatoms. The zero-order valence-electron chi connectivity index (χ0n) is 10.7. The van der Waals surface area contributed by atoms with Crippen LogP contribution in [0.4, 0.5) is 0 Å². The normalized spacial score (nSPS) is 12.4. The van der Waals surface area contributed by atoms with Gasteiger partial charge >= 0.3 is 0 Å². The standard InChI is InChI=1S/C14H16ClNOS/c1-9-4-7-13(18-9)14(16-2)11-8-10(15)5-6-12(11)17-3/h4-8,14,16H,1-3H3. The van der Waals surface area contributed by atoms with E-state index in [-0.39, 0.29) is 6.04 Å². The molecule has 96 valence electrons. The van der Waals surface area contributed by atoms with E-state index in [2.05, 4.69) is 24.4 Å². The van der Waals surface area contributed by atoms with E-state index in [1.54, 1.807) is 18.4 Å². The van der Waals surface area contributed by atoms with Gasteiger partial charge in [-0.25, -0.2) is 0 Å². The average Bonchev–Trinajstić information content (AvgIpc) is 2.77. The molecule has 0 spiro atoms. The van der Waals surface area contributed by atoms with Crippen LogP contribution < -0.4 is 10.1 Å². The Morgan fingerprint density at radius 2 is 2.06 bits per heavy atom. The van der Waals surface area contributed by atoms with Gasteiger partial charge in [-0.1, -0.05) is 11.6 Å². The monoisotopic (exact) mass is 281 g/mol. The van der Waals surface area contributed by atoms with Gasteiger partial charge in [-0.2, -0.15) is 0 Å². The molecule has 0 saturated heterocycles. The van der Waals surface area contributed by atoms with Crippen LogP contribution in [0.2, 0.25) is 5.02 Å². The van der Waals surface area contributed by atoms with Crippen molar-refractivity contribution in [1.29, 1.82) is 0 Å². The second kappa shape index (κ2) is 5.74. The number of ether oxygens (including phenoxy) is 1. The van der Waals surface area contributed by atoms with E-state index in [4.69, 9.17) is 16.3 Å². The lowest BCUT2D eigenvalue weighted by molar-refractivity contribution is 0.405. The molecular formula is C14H16ClNOS. The Morgan fingerprint density at radius 3 is 2.61 bits per heavy atom. The molecule has 0 aliphatic heterocycles. The van der Waals surface area contributed by atoms with E-state index in [0.717, 1.165) is 16.3 Å². The summed E-state index contributed by atoms with van der Waals surface area (Å²) in [5, 5.41) is 4.04. The highest BCUT2D eigenvalue weighted by Crippen LogP contribution is 2.34. The van der Waals surface area contributed by atoms with Crippen molar-refractivity contribution in [1.82, 2.24) is 5.32 Å². The minimum Gasteiger partial charge on any atom is -0.496 e. The Hall–Kier alpha value is -1.03. The first-order valence-electron chi connectivity index (χ1n) is 5.72. The van der Waals surface area contributed by atoms with Crippen molar-refractivity contribution < 1.29 is 4.74 Å². The highest BCUT2D eigenvalue weighted by atomic mass is 35.5. The summed E-state index contributed by atoms with van der Waals surface area (Å²) < 4.78 is 5.42. The third-order valence-electron chi connectivity index (χ3n) is 2.84. The molecule has 0 saturated carbocycles. The quantitative estimate of drug-likeness (QED) is 0.914. The number of methoxy groups -OCH3 is 1. The third kappa shape index (κ3) is 2.69. The fourth-order valence-electron chi connectivity index (χ4n) is 1.99. The minimum atomic E-state index is 0.109. The van der Waals surface area contributed by atoms with Gasteiger partial charge in [0.15, 0.2) is 0 Å². The van der Waals surface area contributed by atoms with Crippen LogP contribution in [-0.4, -0.2) is 14.2 Å². The molecule has 0 aliphatic carbocycles.